The summed E-state index contributed by atoms with van der Waals surface area (Å²) >= 11 is 0. The van der Waals surface area contributed by atoms with Crippen molar-refractivity contribution in [3.05, 3.63) is 35.1 Å². The fourth-order valence-corrected chi connectivity index (χ4v) is 2.59. The number of halogens is 1. The van der Waals surface area contributed by atoms with Crippen LogP contribution in [0.5, 0.6) is 0 Å². The summed E-state index contributed by atoms with van der Waals surface area (Å²) in [6, 6.07) is 5.79. The Bertz CT molecular complexity index is 367. The molecule has 1 aliphatic rings. The molecule has 0 radical (unpaired) electrons. The minimum Gasteiger partial charge on any atom is -0.317 e. The van der Waals surface area contributed by atoms with Gasteiger partial charge in [-0.3, -0.25) is 0 Å². The summed E-state index contributed by atoms with van der Waals surface area (Å²) in [6.45, 7) is 6.28. The lowest BCUT2D eigenvalue weighted by Gasteiger charge is -2.22. The second kappa shape index (κ2) is 5.63. The molecule has 1 fully saturated rings. The highest BCUT2D eigenvalue weighted by atomic mass is 19.1. The molecule has 1 aromatic carbocycles. The van der Waals surface area contributed by atoms with Crippen molar-refractivity contribution in [2.45, 2.75) is 39.0 Å². The zero-order chi connectivity index (χ0) is 12.3. The number of hydrogen-bond acceptors (Lipinski definition) is 1. The van der Waals surface area contributed by atoms with Crippen LogP contribution in [0.15, 0.2) is 18.2 Å². The quantitative estimate of drug-likeness (QED) is 0.845. The van der Waals surface area contributed by atoms with Crippen molar-refractivity contribution in [2.75, 3.05) is 13.1 Å². The highest BCUT2D eigenvalue weighted by Gasteiger charge is 2.14. The Balaban J connectivity index is 2.04. The molecule has 94 valence electrons. The molecule has 1 aromatic rings. The maximum Gasteiger partial charge on any atom is 0.126 e. The summed E-state index contributed by atoms with van der Waals surface area (Å²) < 4.78 is 13.8. The standard InChI is InChI=1S/C15H22FN/c1-11(2)14-4-3-13(10-15(14)16)9-12-5-7-17-8-6-12/h3-4,10-12,17H,5-9H2,1-2H3. The molecule has 2 heteroatoms. The van der Waals surface area contributed by atoms with E-state index in [9.17, 15) is 4.39 Å². The smallest absolute Gasteiger partial charge is 0.126 e. The zero-order valence-electron chi connectivity index (χ0n) is 10.8. The first-order valence-electron chi connectivity index (χ1n) is 6.66. The van der Waals surface area contributed by atoms with E-state index in [1.807, 2.05) is 19.9 Å². The van der Waals surface area contributed by atoms with Gasteiger partial charge in [-0.05, 0) is 61.4 Å². The van der Waals surface area contributed by atoms with Crippen LogP contribution in [0, 0.1) is 11.7 Å². The largest absolute Gasteiger partial charge is 0.317 e. The van der Waals surface area contributed by atoms with Gasteiger partial charge in [-0.15, -0.1) is 0 Å². The van der Waals surface area contributed by atoms with E-state index in [-0.39, 0.29) is 11.7 Å². The van der Waals surface area contributed by atoms with Gasteiger partial charge in [0.1, 0.15) is 5.82 Å². The Kier molecular flexibility index (Phi) is 4.16. The Morgan fingerprint density at radius 2 is 2.00 bits per heavy atom. The molecule has 0 amide bonds. The van der Waals surface area contributed by atoms with Crippen LogP contribution in [-0.2, 0) is 6.42 Å². The lowest BCUT2D eigenvalue weighted by molar-refractivity contribution is 0.372. The molecule has 0 spiro atoms. The first-order chi connectivity index (χ1) is 8.16. The minimum absolute atomic E-state index is 0.0357. The molecule has 1 nitrogen and oxygen atoms in total. The SMILES string of the molecule is CC(C)c1ccc(CC2CCNCC2)cc1F. The summed E-state index contributed by atoms with van der Waals surface area (Å²) in [5, 5.41) is 3.36. The van der Waals surface area contributed by atoms with Crippen molar-refractivity contribution >= 4 is 0 Å². The number of benzene rings is 1. The van der Waals surface area contributed by atoms with Gasteiger partial charge in [0.15, 0.2) is 0 Å². The number of piperidine rings is 1. The Morgan fingerprint density at radius 1 is 1.29 bits per heavy atom. The number of nitrogens with one attached hydrogen (secondary N) is 1. The molecule has 0 saturated carbocycles. The van der Waals surface area contributed by atoms with E-state index in [2.05, 4.69) is 11.4 Å². The van der Waals surface area contributed by atoms with E-state index in [1.165, 1.54) is 12.8 Å². The van der Waals surface area contributed by atoms with E-state index < -0.39 is 0 Å². The van der Waals surface area contributed by atoms with Crippen LogP contribution in [0.1, 0.15) is 43.7 Å². The molecule has 0 aromatic heterocycles. The maximum absolute atomic E-state index is 13.8. The number of rotatable bonds is 3. The summed E-state index contributed by atoms with van der Waals surface area (Å²) in [6.07, 6.45) is 3.46. The fourth-order valence-electron chi connectivity index (χ4n) is 2.59. The van der Waals surface area contributed by atoms with Crippen LogP contribution in [0.25, 0.3) is 0 Å². The molecule has 2 rings (SSSR count). The maximum atomic E-state index is 13.8. The number of hydrogen-bond donors (Lipinski definition) is 1. The van der Waals surface area contributed by atoms with E-state index in [0.717, 1.165) is 36.6 Å². The van der Waals surface area contributed by atoms with Gasteiger partial charge in [0, 0.05) is 0 Å². The predicted molar refractivity (Wildman–Crippen MR) is 69.8 cm³/mol. The van der Waals surface area contributed by atoms with Gasteiger partial charge in [-0.25, -0.2) is 4.39 Å². The molecule has 0 bridgehead atoms. The highest BCUT2D eigenvalue weighted by Crippen LogP contribution is 2.23. The third-order valence-corrected chi connectivity index (χ3v) is 3.67. The van der Waals surface area contributed by atoms with Gasteiger partial charge in [0.25, 0.3) is 0 Å². The van der Waals surface area contributed by atoms with Gasteiger partial charge in [0.2, 0.25) is 0 Å². The van der Waals surface area contributed by atoms with Gasteiger partial charge in [-0.1, -0.05) is 26.0 Å². The Morgan fingerprint density at radius 3 is 2.59 bits per heavy atom. The molecule has 17 heavy (non-hydrogen) atoms. The van der Waals surface area contributed by atoms with Crippen LogP contribution >= 0.6 is 0 Å². The molecule has 0 atom stereocenters. The molecule has 1 N–H and O–H groups in total. The van der Waals surface area contributed by atoms with Crippen molar-refractivity contribution in [1.29, 1.82) is 0 Å². The van der Waals surface area contributed by atoms with Gasteiger partial charge in [0.05, 0.1) is 0 Å². The van der Waals surface area contributed by atoms with Gasteiger partial charge >= 0.3 is 0 Å². The van der Waals surface area contributed by atoms with Crippen LogP contribution in [-0.4, -0.2) is 13.1 Å². The second-order valence-electron chi connectivity index (χ2n) is 5.41. The van der Waals surface area contributed by atoms with Crippen LogP contribution < -0.4 is 5.32 Å². The summed E-state index contributed by atoms with van der Waals surface area (Å²) in [7, 11) is 0. The molecule has 0 aliphatic carbocycles. The summed E-state index contributed by atoms with van der Waals surface area (Å²) in [5.41, 5.74) is 1.98. The molecule has 1 aliphatic heterocycles. The average Bonchev–Trinajstić information content (AvgIpc) is 2.30. The normalized spacial score (nSPS) is 17.6. The van der Waals surface area contributed by atoms with Crippen molar-refractivity contribution in [2.24, 2.45) is 5.92 Å². The van der Waals surface area contributed by atoms with Crippen molar-refractivity contribution in [1.82, 2.24) is 5.32 Å². The Hall–Kier alpha value is -0.890. The second-order valence-corrected chi connectivity index (χ2v) is 5.41. The monoisotopic (exact) mass is 235 g/mol. The highest BCUT2D eigenvalue weighted by molar-refractivity contribution is 5.27. The topological polar surface area (TPSA) is 12.0 Å². The first-order valence-corrected chi connectivity index (χ1v) is 6.66. The molecular weight excluding hydrogens is 213 g/mol. The van der Waals surface area contributed by atoms with Crippen LogP contribution in [0.4, 0.5) is 4.39 Å². The van der Waals surface area contributed by atoms with E-state index in [4.69, 9.17) is 0 Å². The third-order valence-electron chi connectivity index (χ3n) is 3.67. The van der Waals surface area contributed by atoms with E-state index in [0.29, 0.717) is 0 Å². The lowest BCUT2D eigenvalue weighted by atomic mass is 9.90. The van der Waals surface area contributed by atoms with E-state index in [1.54, 1.807) is 6.07 Å². The summed E-state index contributed by atoms with van der Waals surface area (Å²) in [4.78, 5) is 0. The molecule has 1 saturated heterocycles. The van der Waals surface area contributed by atoms with Crippen LogP contribution in [0.2, 0.25) is 0 Å². The van der Waals surface area contributed by atoms with Crippen LogP contribution in [0.3, 0.4) is 0 Å². The first kappa shape index (κ1) is 12.6. The zero-order valence-corrected chi connectivity index (χ0v) is 10.8. The average molecular weight is 235 g/mol. The van der Waals surface area contributed by atoms with Gasteiger partial charge < -0.3 is 5.32 Å². The molecule has 1 heterocycles. The van der Waals surface area contributed by atoms with Crippen molar-refractivity contribution < 1.29 is 4.39 Å². The molecule has 0 unspecified atom stereocenters. The Labute approximate surface area is 103 Å². The molecular formula is C15H22FN. The fraction of sp³-hybridized carbons (Fsp3) is 0.600. The third kappa shape index (κ3) is 3.29. The van der Waals surface area contributed by atoms with Crippen molar-refractivity contribution in [3.63, 3.8) is 0 Å². The van der Waals surface area contributed by atoms with E-state index >= 15 is 0 Å². The summed E-state index contributed by atoms with van der Waals surface area (Å²) in [5.74, 6) is 0.954. The van der Waals surface area contributed by atoms with Crippen molar-refractivity contribution in [3.8, 4) is 0 Å². The minimum atomic E-state index is -0.0357. The predicted octanol–water partition coefficient (Wildman–Crippen LogP) is 3.49. The lowest BCUT2D eigenvalue weighted by Crippen LogP contribution is -2.28. The van der Waals surface area contributed by atoms with Gasteiger partial charge in [-0.2, -0.15) is 0 Å².